The van der Waals surface area contributed by atoms with Crippen LogP contribution in [0.2, 0.25) is 0 Å². The van der Waals surface area contributed by atoms with Gasteiger partial charge in [-0.2, -0.15) is 4.31 Å². The first-order valence-electron chi connectivity index (χ1n) is 9.52. The number of anilines is 1. The van der Waals surface area contributed by atoms with Crippen molar-refractivity contribution in [1.29, 1.82) is 0 Å². The molecule has 0 aromatic heterocycles. The molecule has 1 heterocycles. The van der Waals surface area contributed by atoms with E-state index in [2.05, 4.69) is 4.72 Å². The molecule has 0 aliphatic carbocycles. The largest absolute Gasteiger partial charge is 0.492 e. The lowest BCUT2D eigenvalue weighted by molar-refractivity contribution is 0.330. The Hall–Kier alpha value is -2.10. The summed E-state index contributed by atoms with van der Waals surface area (Å²) in [7, 11) is -7.63. The molecule has 1 aliphatic heterocycles. The first-order valence-corrected chi connectivity index (χ1v) is 12.4. The molecule has 3 rings (SSSR count). The summed E-state index contributed by atoms with van der Waals surface area (Å²) in [5, 5.41) is 0. The third-order valence-corrected chi connectivity index (χ3v) is 8.27. The van der Waals surface area contributed by atoms with E-state index < -0.39 is 20.0 Å². The summed E-state index contributed by atoms with van der Waals surface area (Å²) in [5.41, 5.74) is 2.02. The van der Waals surface area contributed by atoms with Crippen molar-refractivity contribution in [3.63, 3.8) is 0 Å². The molecule has 2 aromatic carbocycles. The number of ether oxygens (including phenoxy) is 1. The number of aryl methyl sites for hydroxylation is 2. The van der Waals surface area contributed by atoms with Gasteiger partial charge in [-0.05, 0) is 75.1 Å². The number of benzene rings is 2. The third-order valence-electron chi connectivity index (χ3n) is 4.97. The molecule has 2 aromatic rings. The monoisotopic (exact) mass is 438 g/mol. The molecule has 1 saturated heterocycles. The minimum atomic E-state index is -3.86. The van der Waals surface area contributed by atoms with Gasteiger partial charge in [0.2, 0.25) is 10.0 Å². The lowest BCUT2D eigenvalue weighted by atomic mass is 10.1. The number of hydrogen-bond acceptors (Lipinski definition) is 5. The van der Waals surface area contributed by atoms with Gasteiger partial charge in [-0.15, -0.1) is 0 Å². The minimum Gasteiger partial charge on any atom is -0.492 e. The molecule has 1 fully saturated rings. The molecule has 1 aliphatic rings. The maximum Gasteiger partial charge on any atom is 0.261 e. The summed E-state index contributed by atoms with van der Waals surface area (Å²) in [6.07, 6.45) is 1.62. The van der Waals surface area contributed by atoms with Crippen LogP contribution in [0.1, 0.15) is 30.9 Å². The van der Waals surface area contributed by atoms with Crippen molar-refractivity contribution in [3.05, 3.63) is 47.5 Å². The Labute approximate surface area is 172 Å². The van der Waals surface area contributed by atoms with Crippen molar-refractivity contribution in [2.24, 2.45) is 0 Å². The zero-order valence-electron chi connectivity index (χ0n) is 16.8. The van der Waals surface area contributed by atoms with Crippen LogP contribution in [0, 0.1) is 13.8 Å². The van der Waals surface area contributed by atoms with Gasteiger partial charge < -0.3 is 4.74 Å². The summed E-state index contributed by atoms with van der Waals surface area (Å²) in [4.78, 5) is 0.0972. The van der Waals surface area contributed by atoms with Crippen LogP contribution in [-0.4, -0.2) is 40.8 Å². The van der Waals surface area contributed by atoms with E-state index in [1.165, 1.54) is 28.6 Å². The lowest BCUT2D eigenvalue weighted by Crippen LogP contribution is -2.28. The van der Waals surface area contributed by atoms with Crippen LogP contribution in [0.3, 0.4) is 0 Å². The fourth-order valence-electron chi connectivity index (χ4n) is 3.21. The highest BCUT2D eigenvalue weighted by Gasteiger charge is 2.30. The number of sulfonamides is 2. The standard InChI is InChI=1S/C20H26N2O5S2/c1-4-27-19-10-8-17(14-20(19)29(25,26)22-11-5-6-12-22)21-28(23,24)18-9-7-15(2)16(3)13-18/h7-10,13-14,21H,4-6,11-12H2,1-3H3. The summed E-state index contributed by atoms with van der Waals surface area (Å²) < 4.78 is 61.1. The first-order chi connectivity index (χ1) is 13.6. The second kappa shape index (κ2) is 8.33. The van der Waals surface area contributed by atoms with Crippen molar-refractivity contribution in [3.8, 4) is 5.75 Å². The molecule has 0 amide bonds. The van der Waals surface area contributed by atoms with E-state index in [0.717, 1.165) is 24.0 Å². The first kappa shape index (κ1) is 21.6. The lowest BCUT2D eigenvalue weighted by Gasteiger charge is -2.19. The van der Waals surface area contributed by atoms with E-state index in [4.69, 9.17) is 4.74 Å². The van der Waals surface area contributed by atoms with Gasteiger partial charge in [-0.1, -0.05) is 6.07 Å². The molecular formula is C20H26N2O5S2. The zero-order chi connectivity index (χ0) is 21.2. The fourth-order valence-corrected chi connectivity index (χ4v) is 6.02. The van der Waals surface area contributed by atoms with Gasteiger partial charge in [-0.25, -0.2) is 16.8 Å². The Balaban J connectivity index is 1.99. The molecule has 0 unspecified atom stereocenters. The van der Waals surface area contributed by atoms with Crippen LogP contribution >= 0.6 is 0 Å². The van der Waals surface area contributed by atoms with Crippen molar-refractivity contribution in [2.45, 2.75) is 43.4 Å². The maximum absolute atomic E-state index is 13.1. The molecule has 0 saturated carbocycles. The van der Waals surface area contributed by atoms with Crippen LogP contribution in [0.25, 0.3) is 0 Å². The van der Waals surface area contributed by atoms with E-state index in [1.54, 1.807) is 19.1 Å². The molecule has 158 valence electrons. The van der Waals surface area contributed by atoms with Crippen LogP contribution < -0.4 is 9.46 Å². The fraction of sp³-hybridized carbons (Fsp3) is 0.400. The van der Waals surface area contributed by atoms with Crippen LogP contribution in [0.4, 0.5) is 5.69 Å². The zero-order valence-corrected chi connectivity index (χ0v) is 18.4. The number of hydrogen-bond donors (Lipinski definition) is 1. The minimum absolute atomic E-state index is 0.0264. The van der Waals surface area contributed by atoms with Gasteiger partial charge in [0.15, 0.2) is 0 Å². The van der Waals surface area contributed by atoms with Gasteiger partial charge in [0.25, 0.3) is 10.0 Å². The van der Waals surface area contributed by atoms with Gasteiger partial charge in [0.05, 0.1) is 17.2 Å². The highest BCUT2D eigenvalue weighted by molar-refractivity contribution is 7.92. The molecular weight excluding hydrogens is 412 g/mol. The Bertz CT molecular complexity index is 1110. The molecule has 0 radical (unpaired) electrons. The Morgan fingerprint density at radius 3 is 2.28 bits per heavy atom. The van der Waals surface area contributed by atoms with Gasteiger partial charge in [0.1, 0.15) is 10.6 Å². The predicted octanol–water partition coefficient (Wildman–Crippen LogP) is 3.29. The Kier molecular flexibility index (Phi) is 6.21. The SMILES string of the molecule is CCOc1ccc(NS(=O)(=O)c2ccc(C)c(C)c2)cc1S(=O)(=O)N1CCCC1. The highest BCUT2D eigenvalue weighted by Crippen LogP contribution is 2.32. The van der Waals surface area contributed by atoms with Crippen molar-refractivity contribution in [2.75, 3.05) is 24.4 Å². The predicted molar refractivity (Wildman–Crippen MR) is 112 cm³/mol. The Morgan fingerprint density at radius 2 is 1.66 bits per heavy atom. The average Bonchev–Trinajstić information content (AvgIpc) is 3.20. The van der Waals surface area contributed by atoms with Crippen LogP contribution in [-0.2, 0) is 20.0 Å². The van der Waals surface area contributed by atoms with E-state index >= 15 is 0 Å². The summed E-state index contributed by atoms with van der Waals surface area (Å²) in [5.74, 6) is 0.216. The molecule has 9 heteroatoms. The van der Waals surface area contributed by atoms with Gasteiger partial charge in [0, 0.05) is 13.1 Å². The quantitative estimate of drug-likeness (QED) is 0.716. The van der Waals surface area contributed by atoms with E-state index in [0.29, 0.717) is 19.7 Å². The highest BCUT2D eigenvalue weighted by atomic mass is 32.2. The van der Waals surface area contributed by atoms with Crippen molar-refractivity contribution < 1.29 is 21.6 Å². The van der Waals surface area contributed by atoms with E-state index in [9.17, 15) is 16.8 Å². The Morgan fingerprint density at radius 1 is 0.966 bits per heavy atom. The number of nitrogens with one attached hydrogen (secondary N) is 1. The van der Waals surface area contributed by atoms with E-state index in [-0.39, 0.29) is 21.2 Å². The third kappa shape index (κ3) is 4.57. The van der Waals surface area contributed by atoms with Crippen molar-refractivity contribution >= 4 is 25.7 Å². The topological polar surface area (TPSA) is 92.8 Å². The normalized spacial score (nSPS) is 15.4. The van der Waals surface area contributed by atoms with Gasteiger partial charge in [-0.3, -0.25) is 4.72 Å². The molecule has 0 bridgehead atoms. The number of nitrogens with zero attached hydrogens (tertiary/aromatic N) is 1. The smallest absolute Gasteiger partial charge is 0.261 e. The second-order valence-electron chi connectivity index (χ2n) is 7.06. The number of rotatable bonds is 7. The molecule has 29 heavy (non-hydrogen) atoms. The summed E-state index contributed by atoms with van der Waals surface area (Å²) in [6, 6.07) is 9.19. The summed E-state index contributed by atoms with van der Waals surface area (Å²) >= 11 is 0. The van der Waals surface area contributed by atoms with Crippen LogP contribution in [0.5, 0.6) is 5.75 Å². The molecule has 0 atom stereocenters. The van der Waals surface area contributed by atoms with Crippen LogP contribution in [0.15, 0.2) is 46.2 Å². The maximum atomic E-state index is 13.1. The van der Waals surface area contributed by atoms with Gasteiger partial charge >= 0.3 is 0 Å². The van der Waals surface area contributed by atoms with Crippen molar-refractivity contribution in [1.82, 2.24) is 4.31 Å². The molecule has 7 nitrogen and oxygen atoms in total. The second-order valence-corrected chi connectivity index (χ2v) is 10.6. The van der Waals surface area contributed by atoms with E-state index in [1.807, 2.05) is 13.8 Å². The molecule has 1 N–H and O–H groups in total. The molecule has 0 spiro atoms. The average molecular weight is 439 g/mol. The summed E-state index contributed by atoms with van der Waals surface area (Å²) in [6.45, 7) is 6.71.